The Kier molecular flexibility index (Phi) is 6.71. The molecule has 5 heteroatoms. The van der Waals surface area contributed by atoms with Gasteiger partial charge in [0.25, 0.3) is 0 Å². The van der Waals surface area contributed by atoms with Crippen molar-refractivity contribution in [2.75, 3.05) is 26.4 Å². The van der Waals surface area contributed by atoms with Crippen molar-refractivity contribution in [1.82, 2.24) is 0 Å². The quantitative estimate of drug-likeness (QED) is 0.317. The molecule has 0 saturated carbocycles. The zero-order valence-electron chi connectivity index (χ0n) is 8.50. The minimum atomic E-state index is -0.359. The van der Waals surface area contributed by atoms with E-state index < -0.39 is 0 Å². The molecule has 0 aliphatic carbocycles. The molecule has 0 heterocycles. The molecule has 0 N–H and O–H groups in total. The summed E-state index contributed by atoms with van der Waals surface area (Å²) >= 11 is 0. The summed E-state index contributed by atoms with van der Waals surface area (Å²) in [4.78, 5) is 13.5. The van der Waals surface area contributed by atoms with Gasteiger partial charge in [-0.3, -0.25) is 0 Å². The summed E-state index contributed by atoms with van der Waals surface area (Å²) in [5.41, 5.74) is 0. The average Bonchev–Trinajstić information content (AvgIpc) is 2.12. The van der Waals surface area contributed by atoms with Crippen molar-refractivity contribution in [2.45, 2.75) is 19.1 Å². The molecule has 1 unspecified atom stereocenters. The van der Waals surface area contributed by atoms with Gasteiger partial charge in [0.1, 0.15) is 0 Å². The highest BCUT2D eigenvalue weighted by molar-refractivity contribution is 6.15. The normalized spacial score (nSPS) is 14.9. The highest BCUT2D eigenvalue weighted by atomic mass is 28.1. The maximum absolute atomic E-state index is 9.96. The molecular weight excluding hydrogens is 186 g/mol. The van der Waals surface area contributed by atoms with Crippen LogP contribution in [0.2, 0.25) is 0 Å². The Balaban J connectivity index is 4.05. The van der Waals surface area contributed by atoms with Gasteiger partial charge in [-0.2, -0.15) is 0 Å². The van der Waals surface area contributed by atoms with E-state index in [2.05, 4.69) is 4.99 Å². The predicted molar refractivity (Wildman–Crippen MR) is 53.8 cm³/mol. The lowest BCUT2D eigenvalue weighted by atomic mass is 10.3. The van der Waals surface area contributed by atoms with Crippen LogP contribution in [0, 0.1) is 0 Å². The monoisotopic (exact) mass is 203 g/mol. The van der Waals surface area contributed by atoms with Crippen LogP contribution in [0.25, 0.3) is 0 Å². The summed E-state index contributed by atoms with van der Waals surface area (Å²) < 4.78 is 10.8. The largest absolute Gasteiger partial charge is 0.379 e. The molecule has 0 saturated heterocycles. The van der Waals surface area contributed by atoms with Crippen LogP contribution in [0.3, 0.4) is 0 Å². The Labute approximate surface area is 81.7 Å². The molecule has 0 spiro atoms. The fraction of sp³-hybridized carbons (Fsp3) is 0.875. The first-order chi connectivity index (χ1) is 6.18. The van der Waals surface area contributed by atoms with E-state index in [-0.39, 0.29) is 5.22 Å². The standard InChI is InChI=1S/C8H17NO3Si/c1-3-11-6-8(13,12-4-2)5-9-7-10/h3-6H2,1-2,13H3. The zero-order valence-corrected chi connectivity index (χ0v) is 10.5. The fourth-order valence-electron chi connectivity index (χ4n) is 0.999. The molecular formula is C8H17NO3Si. The number of nitrogens with zero attached hydrogens (tertiary/aromatic N) is 1. The number of hydrogen-bond acceptors (Lipinski definition) is 4. The smallest absolute Gasteiger partial charge is 0.235 e. The lowest BCUT2D eigenvalue weighted by Crippen LogP contribution is -2.41. The maximum Gasteiger partial charge on any atom is 0.235 e. The van der Waals surface area contributed by atoms with Gasteiger partial charge in [-0.05, 0) is 13.8 Å². The molecule has 0 aromatic rings. The van der Waals surface area contributed by atoms with Crippen LogP contribution in [-0.2, 0) is 14.3 Å². The second-order valence-electron chi connectivity index (χ2n) is 2.93. The van der Waals surface area contributed by atoms with Crippen LogP contribution >= 0.6 is 0 Å². The molecule has 0 fully saturated rings. The maximum atomic E-state index is 9.96. The van der Waals surface area contributed by atoms with Crippen LogP contribution in [0.1, 0.15) is 13.8 Å². The Morgan fingerprint density at radius 1 is 1.46 bits per heavy atom. The second-order valence-corrected chi connectivity index (χ2v) is 4.75. The van der Waals surface area contributed by atoms with Gasteiger partial charge in [0.15, 0.2) is 0 Å². The van der Waals surface area contributed by atoms with E-state index in [0.717, 1.165) is 10.2 Å². The molecule has 13 heavy (non-hydrogen) atoms. The van der Waals surface area contributed by atoms with E-state index in [1.807, 2.05) is 13.8 Å². The molecule has 4 nitrogen and oxygen atoms in total. The minimum absolute atomic E-state index is 0.358. The molecule has 0 aliphatic rings. The molecule has 0 aromatic carbocycles. The van der Waals surface area contributed by atoms with Crippen molar-refractivity contribution in [1.29, 1.82) is 0 Å². The Morgan fingerprint density at radius 3 is 2.62 bits per heavy atom. The van der Waals surface area contributed by atoms with Gasteiger partial charge < -0.3 is 9.47 Å². The Morgan fingerprint density at radius 2 is 2.15 bits per heavy atom. The summed E-state index contributed by atoms with van der Waals surface area (Å²) in [6.07, 6.45) is 1.52. The summed E-state index contributed by atoms with van der Waals surface area (Å²) in [6.45, 7) is 5.98. The third-order valence-corrected chi connectivity index (χ3v) is 2.48. The fourth-order valence-corrected chi connectivity index (χ4v) is 1.65. The summed E-state index contributed by atoms with van der Waals surface area (Å²) in [6, 6.07) is 0. The zero-order chi connectivity index (χ0) is 10.2. The van der Waals surface area contributed by atoms with E-state index >= 15 is 0 Å². The third kappa shape index (κ3) is 5.71. The minimum Gasteiger partial charge on any atom is -0.379 e. The lowest BCUT2D eigenvalue weighted by molar-refractivity contribution is -0.0318. The first-order valence-electron chi connectivity index (χ1n) is 4.44. The topological polar surface area (TPSA) is 47.9 Å². The van der Waals surface area contributed by atoms with Crippen molar-refractivity contribution in [3.8, 4) is 0 Å². The van der Waals surface area contributed by atoms with Crippen LogP contribution in [0.15, 0.2) is 4.99 Å². The van der Waals surface area contributed by atoms with Gasteiger partial charge >= 0.3 is 0 Å². The average molecular weight is 203 g/mol. The molecule has 76 valence electrons. The first-order valence-corrected chi connectivity index (χ1v) is 5.44. The molecule has 1 atom stereocenters. The van der Waals surface area contributed by atoms with Crippen molar-refractivity contribution in [3.05, 3.63) is 0 Å². The number of isocyanates is 1. The molecule has 0 aromatic heterocycles. The van der Waals surface area contributed by atoms with Crippen molar-refractivity contribution >= 4 is 16.3 Å². The van der Waals surface area contributed by atoms with E-state index in [0.29, 0.717) is 26.4 Å². The van der Waals surface area contributed by atoms with Crippen molar-refractivity contribution < 1.29 is 14.3 Å². The van der Waals surface area contributed by atoms with Gasteiger partial charge in [0.2, 0.25) is 6.08 Å². The van der Waals surface area contributed by atoms with Gasteiger partial charge in [0, 0.05) is 23.5 Å². The van der Waals surface area contributed by atoms with Crippen molar-refractivity contribution in [3.63, 3.8) is 0 Å². The Bertz CT molecular complexity index is 182. The van der Waals surface area contributed by atoms with Gasteiger partial charge in [-0.15, -0.1) is 0 Å². The number of rotatable bonds is 7. The molecule has 0 radical (unpaired) electrons. The van der Waals surface area contributed by atoms with E-state index in [4.69, 9.17) is 9.47 Å². The second kappa shape index (κ2) is 6.97. The summed E-state index contributed by atoms with van der Waals surface area (Å²) in [7, 11) is 0.787. The lowest BCUT2D eigenvalue weighted by Gasteiger charge is -2.26. The van der Waals surface area contributed by atoms with E-state index in [1.165, 1.54) is 6.08 Å². The van der Waals surface area contributed by atoms with Crippen LogP contribution < -0.4 is 0 Å². The number of hydrogen-bond donors (Lipinski definition) is 0. The summed E-state index contributed by atoms with van der Waals surface area (Å²) in [5, 5.41) is -0.359. The predicted octanol–water partition coefficient (Wildman–Crippen LogP) is -0.543. The first kappa shape index (κ1) is 12.5. The number of ether oxygens (including phenoxy) is 2. The van der Waals surface area contributed by atoms with Crippen molar-refractivity contribution in [2.24, 2.45) is 4.99 Å². The van der Waals surface area contributed by atoms with Gasteiger partial charge in [-0.25, -0.2) is 9.79 Å². The Hall–Kier alpha value is -0.483. The number of carbonyl (C=O) groups excluding carboxylic acids is 1. The van der Waals surface area contributed by atoms with Crippen LogP contribution in [0.5, 0.6) is 0 Å². The van der Waals surface area contributed by atoms with E-state index in [1.54, 1.807) is 0 Å². The highest BCUT2D eigenvalue weighted by Gasteiger charge is 2.24. The van der Waals surface area contributed by atoms with Crippen LogP contribution in [0.4, 0.5) is 0 Å². The number of aliphatic imine (C=N–C) groups is 1. The van der Waals surface area contributed by atoms with Gasteiger partial charge in [-0.1, -0.05) is 0 Å². The van der Waals surface area contributed by atoms with Gasteiger partial charge in [0.05, 0.1) is 18.4 Å². The SMILES string of the molecule is CCOCC([SiH3])(CN=C=O)OCC. The highest BCUT2D eigenvalue weighted by Crippen LogP contribution is 2.07. The molecule has 0 bridgehead atoms. The van der Waals surface area contributed by atoms with E-state index in [9.17, 15) is 4.79 Å². The summed E-state index contributed by atoms with van der Waals surface area (Å²) in [5.74, 6) is 0. The molecule has 0 amide bonds. The molecule has 0 aliphatic heterocycles. The third-order valence-electron chi connectivity index (χ3n) is 1.58. The molecule has 0 rings (SSSR count). The van der Waals surface area contributed by atoms with Crippen LogP contribution in [-0.4, -0.2) is 47.9 Å².